The molecule has 4 heteroatoms. The monoisotopic (exact) mass is 332 g/mol. The fraction of sp³-hybridized carbons (Fsp3) is 0.190. The van der Waals surface area contributed by atoms with Crippen LogP contribution in [-0.2, 0) is 0 Å². The quantitative estimate of drug-likeness (QED) is 0.781. The number of carbonyl (C=O) groups excluding carboxylic acids is 1. The van der Waals surface area contributed by atoms with Crippen LogP contribution in [-0.4, -0.2) is 42.1 Å². The highest BCUT2D eigenvalue weighted by Gasteiger charge is 2.23. The van der Waals surface area contributed by atoms with Crippen molar-refractivity contribution in [2.75, 3.05) is 31.1 Å². The molecule has 0 spiro atoms. The van der Waals surface area contributed by atoms with Gasteiger partial charge in [0.2, 0.25) is 0 Å². The number of phenols is 1. The summed E-state index contributed by atoms with van der Waals surface area (Å²) < 4.78 is 0. The Bertz CT molecular complexity index is 909. The highest BCUT2D eigenvalue weighted by Crippen LogP contribution is 2.23. The predicted octanol–water partition coefficient (Wildman–Crippen LogP) is 3.51. The predicted molar refractivity (Wildman–Crippen MR) is 100 cm³/mol. The zero-order valence-electron chi connectivity index (χ0n) is 13.9. The van der Waals surface area contributed by atoms with Crippen LogP contribution in [0, 0.1) is 0 Å². The van der Waals surface area contributed by atoms with E-state index in [1.807, 2.05) is 59.5 Å². The Morgan fingerprint density at radius 3 is 2.36 bits per heavy atom. The average Bonchev–Trinajstić information content (AvgIpc) is 2.67. The molecular weight excluding hydrogens is 312 g/mol. The van der Waals surface area contributed by atoms with Crippen LogP contribution in [0.15, 0.2) is 66.7 Å². The molecule has 3 aromatic rings. The van der Waals surface area contributed by atoms with Crippen molar-refractivity contribution in [2.45, 2.75) is 0 Å². The van der Waals surface area contributed by atoms with E-state index in [1.165, 1.54) is 0 Å². The number of anilines is 1. The van der Waals surface area contributed by atoms with E-state index >= 15 is 0 Å². The van der Waals surface area contributed by atoms with E-state index in [4.69, 9.17) is 0 Å². The van der Waals surface area contributed by atoms with Crippen LogP contribution in [0.2, 0.25) is 0 Å². The normalized spacial score (nSPS) is 14.7. The Hall–Kier alpha value is -3.01. The van der Waals surface area contributed by atoms with Crippen LogP contribution in [0.4, 0.5) is 5.69 Å². The number of nitrogens with zero attached hydrogens (tertiary/aromatic N) is 2. The molecule has 0 unspecified atom stereocenters. The Morgan fingerprint density at radius 2 is 1.56 bits per heavy atom. The van der Waals surface area contributed by atoms with Crippen LogP contribution in [0.25, 0.3) is 10.8 Å². The number of hydrogen-bond acceptors (Lipinski definition) is 3. The van der Waals surface area contributed by atoms with Gasteiger partial charge in [-0.25, -0.2) is 0 Å². The molecule has 1 N–H and O–H groups in total. The first-order chi connectivity index (χ1) is 12.2. The van der Waals surface area contributed by atoms with Crippen molar-refractivity contribution >= 4 is 22.4 Å². The van der Waals surface area contributed by atoms with Gasteiger partial charge < -0.3 is 14.9 Å². The molecule has 1 fully saturated rings. The summed E-state index contributed by atoms with van der Waals surface area (Å²) in [6, 6.07) is 21.2. The maximum Gasteiger partial charge on any atom is 0.254 e. The van der Waals surface area contributed by atoms with Crippen molar-refractivity contribution in [1.82, 2.24) is 4.90 Å². The van der Waals surface area contributed by atoms with E-state index in [1.54, 1.807) is 12.1 Å². The highest BCUT2D eigenvalue weighted by molar-refractivity contribution is 6.07. The Balaban J connectivity index is 1.51. The lowest BCUT2D eigenvalue weighted by molar-refractivity contribution is 0.0748. The lowest BCUT2D eigenvalue weighted by atomic mass is 10.0. The smallest absolute Gasteiger partial charge is 0.254 e. The van der Waals surface area contributed by atoms with Gasteiger partial charge >= 0.3 is 0 Å². The third-order valence-electron chi connectivity index (χ3n) is 4.78. The first-order valence-corrected chi connectivity index (χ1v) is 8.53. The zero-order valence-corrected chi connectivity index (χ0v) is 13.9. The Labute approximate surface area is 146 Å². The molecule has 126 valence electrons. The second-order valence-corrected chi connectivity index (χ2v) is 6.33. The van der Waals surface area contributed by atoms with Crippen molar-refractivity contribution in [2.24, 2.45) is 0 Å². The minimum Gasteiger partial charge on any atom is -0.508 e. The van der Waals surface area contributed by atoms with Crippen molar-refractivity contribution < 1.29 is 9.90 Å². The van der Waals surface area contributed by atoms with Gasteiger partial charge in [-0.2, -0.15) is 0 Å². The molecule has 1 heterocycles. The topological polar surface area (TPSA) is 43.8 Å². The Morgan fingerprint density at radius 1 is 0.840 bits per heavy atom. The highest BCUT2D eigenvalue weighted by atomic mass is 16.3. The summed E-state index contributed by atoms with van der Waals surface area (Å²) in [6.45, 7) is 2.88. The van der Waals surface area contributed by atoms with Gasteiger partial charge in [-0.3, -0.25) is 4.79 Å². The summed E-state index contributed by atoms with van der Waals surface area (Å²) in [6.07, 6.45) is 0. The largest absolute Gasteiger partial charge is 0.508 e. The summed E-state index contributed by atoms with van der Waals surface area (Å²) in [5.41, 5.74) is 1.76. The molecule has 0 aliphatic carbocycles. The van der Waals surface area contributed by atoms with Gasteiger partial charge in [0.05, 0.1) is 0 Å². The first-order valence-electron chi connectivity index (χ1n) is 8.53. The van der Waals surface area contributed by atoms with Gasteiger partial charge in [0.1, 0.15) is 5.75 Å². The second-order valence-electron chi connectivity index (χ2n) is 6.33. The number of amides is 1. The Kier molecular flexibility index (Phi) is 4.02. The van der Waals surface area contributed by atoms with E-state index in [9.17, 15) is 9.90 Å². The van der Waals surface area contributed by atoms with Crippen LogP contribution >= 0.6 is 0 Å². The molecule has 0 atom stereocenters. The molecule has 0 radical (unpaired) electrons. The van der Waals surface area contributed by atoms with Crippen molar-refractivity contribution in [3.05, 3.63) is 72.3 Å². The molecule has 25 heavy (non-hydrogen) atoms. The average molecular weight is 332 g/mol. The first kappa shape index (κ1) is 15.5. The zero-order chi connectivity index (χ0) is 17.2. The van der Waals surface area contributed by atoms with Gasteiger partial charge in [0, 0.05) is 43.5 Å². The molecule has 1 aliphatic heterocycles. The number of aromatic hydroxyl groups is 1. The molecule has 1 saturated heterocycles. The van der Waals surface area contributed by atoms with Crippen molar-refractivity contribution in [3.8, 4) is 5.75 Å². The van der Waals surface area contributed by atoms with Crippen LogP contribution in [0.1, 0.15) is 10.4 Å². The second kappa shape index (κ2) is 6.48. The lowest BCUT2D eigenvalue weighted by Crippen LogP contribution is -2.48. The summed E-state index contributed by atoms with van der Waals surface area (Å²) in [7, 11) is 0. The maximum absolute atomic E-state index is 13.0. The van der Waals surface area contributed by atoms with Gasteiger partial charge in [-0.15, -0.1) is 0 Å². The molecule has 4 rings (SSSR count). The third kappa shape index (κ3) is 3.03. The number of fused-ring (bicyclic) bond motifs is 1. The fourth-order valence-electron chi connectivity index (χ4n) is 3.44. The van der Waals surface area contributed by atoms with E-state index in [0.29, 0.717) is 13.1 Å². The number of hydrogen-bond donors (Lipinski definition) is 1. The molecule has 1 amide bonds. The van der Waals surface area contributed by atoms with Gasteiger partial charge in [0.25, 0.3) is 5.91 Å². The summed E-state index contributed by atoms with van der Waals surface area (Å²) >= 11 is 0. The standard InChI is InChI=1S/C21H20N2O2/c24-18-8-4-7-17(15-18)22-11-13-23(14-12-22)21(25)20-10-3-6-16-5-1-2-9-19(16)20/h1-10,15,24H,11-14H2. The number of benzene rings is 3. The fourth-order valence-corrected chi connectivity index (χ4v) is 3.44. The van der Waals surface area contributed by atoms with Gasteiger partial charge in [0.15, 0.2) is 0 Å². The molecule has 3 aromatic carbocycles. The van der Waals surface area contributed by atoms with Crippen molar-refractivity contribution in [1.29, 1.82) is 0 Å². The number of carbonyl (C=O) groups is 1. The SMILES string of the molecule is O=C(c1cccc2ccccc12)N1CCN(c2cccc(O)c2)CC1. The summed E-state index contributed by atoms with van der Waals surface area (Å²) in [5.74, 6) is 0.360. The minimum atomic E-state index is 0.0901. The lowest BCUT2D eigenvalue weighted by Gasteiger charge is -2.36. The number of rotatable bonds is 2. The molecule has 0 aromatic heterocycles. The van der Waals surface area contributed by atoms with Gasteiger partial charge in [-0.05, 0) is 29.0 Å². The maximum atomic E-state index is 13.0. The van der Waals surface area contributed by atoms with E-state index in [-0.39, 0.29) is 11.7 Å². The van der Waals surface area contributed by atoms with Crippen LogP contribution < -0.4 is 4.90 Å². The van der Waals surface area contributed by atoms with Crippen molar-refractivity contribution in [3.63, 3.8) is 0 Å². The minimum absolute atomic E-state index is 0.0901. The van der Waals surface area contributed by atoms with E-state index in [0.717, 1.165) is 35.1 Å². The molecule has 4 nitrogen and oxygen atoms in total. The van der Waals surface area contributed by atoms with Gasteiger partial charge in [-0.1, -0.05) is 42.5 Å². The van der Waals surface area contributed by atoms with E-state index < -0.39 is 0 Å². The molecular formula is C21H20N2O2. The molecule has 1 aliphatic rings. The van der Waals surface area contributed by atoms with Crippen LogP contribution in [0.3, 0.4) is 0 Å². The number of piperazine rings is 1. The molecule has 0 bridgehead atoms. The molecule has 0 saturated carbocycles. The summed E-state index contributed by atoms with van der Waals surface area (Å²) in [4.78, 5) is 17.1. The third-order valence-corrected chi connectivity index (χ3v) is 4.78. The summed E-state index contributed by atoms with van der Waals surface area (Å²) in [5, 5.41) is 11.7. The van der Waals surface area contributed by atoms with E-state index in [2.05, 4.69) is 4.90 Å². The number of phenolic OH excluding ortho intramolecular Hbond substituents is 1. The van der Waals surface area contributed by atoms with Crippen LogP contribution in [0.5, 0.6) is 5.75 Å².